The Morgan fingerprint density at radius 2 is 1.83 bits per heavy atom. The van der Waals surface area contributed by atoms with Gasteiger partial charge in [0.2, 0.25) is 0 Å². The molecule has 4 aromatic rings. The van der Waals surface area contributed by atoms with Crippen LogP contribution < -0.4 is 10.1 Å². The maximum absolute atomic E-state index is 12.4. The van der Waals surface area contributed by atoms with Crippen LogP contribution in [-0.4, -0.2) is 34.1 Å². The fourth-order valence-corrected chi connectivity index (χ4v) is 3.36. The zero-order chi connectivity index (χ0) is 20.9. The van der Waals surface area contributed by atoms with Gasteiger partial charge in [-0.1, -0.05) is 47.2 Å². The van der Waals surface area contributed by atoms with E-state index in [0.717, 1.165) is 27.9 Å². The third-order valence-corrected chi connectivity index (χ3v) is 4.94. The lowest BCUT2D eigenvalue weighted by Crippen LogP contribution is -2.28. The molecule has 30 heavy (non-hydrogen) atoms. The monoisotopic (exact) mass is 400 g/mol. The molecule has 1 aromatic heterocycles. The van der Waals surface area contributed by atoms with E-state index in [1.165, 1.54) is 5.56 Å². The average Bonchev–Trinajstić information content (AvgIpc) is 3.16. The number of rotatable bonds is 7. The number of para-hydroxylation sites is 1. The van der Waals surface area contributed by atoms with Gasteiger partial charge in [0, 0.05) is 5.56 Å². The summed E-state index contributed by atoms with van der Waals surface area (Å²) in [4.78, 5) is 12.4. The van der Waals surface area contributed by atoms with Crippen molar-refractivity contribution < 1.29 is 9.53 Å². The summed E-state index contributed by atoms with van der Waals surface area (Å²) in [5.74, 6) is 0.733. The van der Waals surface area contributed by atoms with E-state index < -0.39 is 0 Å². The van der Waals surface area contributed by atoms with E-state index in [1.807, 2.05) is 72.3 Å². The van der Waals surface area contributed by atoms with E-state index in [1.54, 1.807) is 0 Å². The smallest absolute Gasteiger partial charge is 0.251 e. The number of fused-ring (bicyclic) bond motifs is 1. The molecule has 0 spiro atoms. The number of nitrogens with zero attached hydrogens (tertiary/aromatic N) is 3. The maximum atomic E-state index is 12.4. The third-order valence-electron chi connectivity index (χ3n) is 4.94. The molecule has 3 aromatic carbocycles. The highest BCUT2D eigenvalue weighted by atomic mass is 16.5. The number of hydrogen-bond donors (Lipinski definition) is 1. The van der Waals surface area contributed by atoms with Crippen molar-refractivity contribution in [2.24, 2.45) is 0 Å². The molecule has 6 nitrogen and oxygen atoms in total. The topological polar surface area (TPSA) is 69.0 Å². The van der Waals surface area contributed by atoms with E-state index in [2.05, 4.69) is 28.6 Å². The van der Waals surface area contributed by atoms with E-state index in [9.17, 15) is 4.79 Å². The molecule has 6 heteroatoms. The molecule has 152 valence electrons. The van der Waals surface area contributed by atoms with Crippen molar-refractivity contribution >= 4 is 16.9 Å². The predicted molar refractivity (Wildman–Crippen MR) is 117 cm³/mol. The van der Waals surface area contributed by atoms with Crippen molar-refractivity contribution in [3.8, 4) is 5.75 Å². The van der Waals surface area contributed by atoms with Crippen LogP contribution in [0.15, 0.2) is 66.7 Å². The van der Waals surface area contributed by atoms with Crippen LogP contribution in [-0.2, 0) is 6.54 Å². The van der Waals surface area contributed by atoms with Crippen molar-refractivity contribution in [2.45, 2.75) is 20.4 Å². The molecular weight excluding hydrogens is 376 g/mol. The number of aryl methyl sites for hydroxylation is 2. The van der Waals surface area contributed by atoms with Crippen LogP contribution in [0.5, 0.6) is 5.75 Å². The number of carbonyl (C=O) groups excluding carboxylic acids is 1. The number of hydrogen-bond acceptors (Lipinski definition) is 4. The standard InChI is InChI=1S/C24H24N4O2/c1-17-7-12-23(18(2)15-17)30-14-13-25-24(29)20-10-8-19(9-11-20)16-28-22-6-4-3-5-21(22)26-27-28/h3-12,15H,13-14,16H2,1-2H3,(H,25,29). The van der Waals surface area contributed by atoms with Crippen molar-refractivity contribution in [3.63, 3.8) is 0 Å². The molecule has 0 radical (unpaired) electrons. The highest BCUT2D eigenvalue weighted by Crippen LogP contribution is 2.18. The van der Waals surface area contributed by atoms with Crippen LogP contribution in [0.1, 0.15) is 27.0 Å². The molecule has 0 saturated heterocycles. The van der Waals surface area contributed by atoms with Gasteiger partial charge < -0.3 is 10.1 Å². The summed E-state index contributed by atoms with van der Waals surface area (Å²) in [5.41, 5.74) is 5.83. The molecule has 0 atom stereocenters. The lowest BCUT2D eigenvalue weighted by molar-refractivity contribution is 0.0947. The van der Waals surface area contributed by atoms with Gasteiger partial charge in [0.1, 0.15) is 17.9 Å². The Labute approximate surface area is 175 Å². The van der Waals surface area contributed by atoms with Crippen molar-refractivity contribution in [1.82, 2.24) is 20.3 Å². The largest absolute Gasteiger partial charge is 0.491 e. The molecule has 0 fully saturated rings. The van der Waals surface area contributed by atoms with Gasteiger partial charge in [-0.05, 0) is 55.3 Å². The Hall–Kier alpha value is -3.67. The van der Waals surface area contributed by atoms with E-state index >= 15 is 0 Å². The van der Waals surface area contributed by atoms with Gasteiger partial charge in [-0.3, -0.25) is 4.79 Å². The van der Waals surface area contributed by atoms with Gasteiger partial charge in [-0.2, -0.15) is 0 Å². The predicted octanol–water partition coefficient (Wildman–Crippen LogP) is 3.91. The van der Waals surface area contributed by atoms with Crippen LogP contribution in [0.4, 0.5) is 0 Å². The number of carbonyl (C=O) groups is 1. The van der Waals surface area contributed by atoms with Crippen molar-refractivity contribution in [1.29, 1.82) is 0 Å². The van der Waals surface area contributed by atoms with Gasteiger partial charge >= 0.3 is 0 Å². The number of benzene rings is 3. The number of aromatic nitrogens is 3. The molecule has 1 N–H and O–H groups in total. The van der Waals surface area contributed by atoms with E-state index in [4.69, 9.17) is 4.74 Å². The minimum Gasteiger partial charge on any atom is -0.491 e. The van der Waals surface area contributed by atoms with Crippen molar-refractivity contribution in [3.05, 3.63) is 89.0 Å². The van der Waals surface area contributed by atoms with Gasteiger partial charge in [0.05, 0.1) is 18.6 Å². The molecule has 0 aliphatic rings. The van der Waals surface area contributed by atoms with Gasteiger partial charge in [-0.15, -0.1) is 5.10 Å². The quantitative estimate of drug-likeness (QED) is 0.478. The summed E-state index contributed by atoms with van der Waals surface area (Å²) in [6.07, 6.45) is 0. The summed E-state index contributed by atoms with van der Waals surface area (Å²) in [6.45, 7) is 5.54. The van der Waals surface area contributed by atoms with Gasteiger partial charge in [0.25, 0.3) is 5.91 Å². The van der Waals surface area contributed by atoms with Crippen LogP contribution in [0.2, 0.25) is 0 Å². The second-order valence-electron chi connectivity index (χ2n) is 7.31. The molecule has 1 heterocycles. The fourth-order valence-electron chi connectivity index (χ4n) is 3.36. The first kappa shape index (κ1) is 19.6. The number of nitrogens with one attached hydrogen (secondary N) is 1. The normalized spacial score (nSPS) is 10.9. The zero-order valence-corrected chi connectivity index (χ0v) is 17.1. The van der Waals surface area contributed by atoms with Crippen LogP contribution in [0.3, 0.4) is 0 Å². The lowest BCUT2D eigenvalue weighted by atomic mass is 10.1. The third kappa shape index (κ3) is 4.49. The Bertz CT molecular complexity index is 1170. The summed E-state index contributed by atoms with van der Waals surface area (Å²) in [6, 6.07) is 21.5. The van der Waals surface area contributed by atoms with Crippen LogP contribution in [0, 0.1) is 13.8 Å². The lowest BCUT2D eigenvalue weighted by Gasteiger charge is -2.11. The molecule has 0 aliphatic carbocycles. The van der Waals surface area contributed by atoms with E-state index in [-0.39, 0.29) is 5.91 Å². The molecule has 0 unspecified atom stereocenters. The van der Waals surface area contributed by atoms with Crippen LogP contribution in [0.25, 0.3) is 11.0 Å². The summed E-state index contributed by atoms with van der Waals surface area (Å²) < 4.78 is 7.62. The summed E-state index contributed by atoms with van der Waals surface area (Å²) in [7, 11) is 0. The van der Waals surface area contributed by atoms with Crippen LogP contribution >= 0.6 is 0 Å². The first-order valence-corrected chi connectivity index (χ1v) is 9.95. The van der Waals surface area contributed by atoms with E-state index in [0.29, 0.717) is 25.3 Å². The fraction of sp³-hybridized carbons (Fsp3) is 0.208. The molecule has 0 bridgehead atoms. The molecule has 0 saturated carbocycles. The Kier molecular flexibility index (Phi) is 5.75. The number of ether oxygens (including phenoxy) is 1. The average molecular weight is 400 g/mol. The Morgan fingerprint density at radius 1 is 1.03 bits per heavy atom. The summed E-state index contributed by atoms with van der Waals surface area (Å²) >= 11 is 0. The second kappa shape index (κ2) is 8.78. The highest BCUT2D eigenvalue weighted by Gasteiger charge is 2.08. The first-order valence-electron chi connectivity index (χ1n) is 9.95. The Morgan fingerprint density at radius 3 is 2.63 bits per heavy atom. The van der Waals surface area contributed by atoms with Gasteiger partial charge in [0.15, 0.2) is 0 Å². The molecule has 1 amide bonds. The Balaban J connectivity index is 1.29. The SMILES string of the molecule is Cc1ccc(OCCNC(=O)c2ccc(Cn3nnc4ccccc43)cc2)c(C)c1. The zero-order valence-electron chi connectivity index (χ0n) is 17.1. The first-order chi connectivity index (χ1) is 14.6. The summed E-state index contributed by atoms with van der Waals surface area (Å²) in [5, 5.41) is 11.3. The highest BCUT2D eigenvalue weighted by molar-refractivity contribution is 5.94. The van der Waals surface area contributed by atoms with Crippen molar-refractivity contribution in [2.75, 3.05) is 13.2 Å². The van der Waals surface area contributed by atoms with Gasteiger partial charge in [-0.25, -0.2) is 4.68 Å². The second-order valence-corrected chi connectivity index (χ2v) is 7.31. The number of amides is 1. The molecular formula is C24H24N4O2. The minimum absolute atomic E-state index is 0.114. The molecule has 0 aliphatic heterocycles. The maximum Gasteiger partial charge on any atom is 0.251 e. The minimum atomic E-state index is -0.114. The molecule has 4 rings (SSSR count).